The summed E-state index contributed by atoms with van der Waals surface area (Å²) in [5, 5.41) is 2.99. The average Bonchev–Trinajstić information content (AvgIpc) is 3.21. The van der Waals surface area contributed by atoms with Crippen LogP contribution in [0.5, 0.6) is 0 Å². The normalized spacial score (nSPS) is 16.2. The van der Waals surface area contributed by atoms with Crippen LogP contribution in [0.15, 0.2) is 55.0 Å². The van der Waals surface area contributed by atoms with Crippen LogP contribution in [-0.2, 0) is 4.79 Å². The summed E-state index contributed by atoms with van der Waals surface area (Å²) in [7, 11) is 0. The van der Waals surface area contributed by atoms with Crippen LogP contribution in [0.3, 0.4) is 0 Å². The number of nitrogens with one attached hydrogen (secondary N) is 1. The fourth-order valence-electron chi connectivity index (χ4n) is 3.45. The number of rotatable bonds is 4. The maximum atomic E-state index is 13.1. The van der Waals surface area contributed by atoms with E-state index in [-0.39, 0.29) is 11.9 Å². The van der Waals surface area contributed by atoms with Crippen molar-refractivity contribution in [1.82, 2.24) is 15.0 Å². The van der Waals surface area contributed by atoms with E-state index in [2.05, 4.69) is 20.3 Å². The highest BCUT2D eigenvalue weighted by Gasteiger charge is 2.31. The van der Waals surface area contributed by atoms with Crippen molar-refractivity contribution in [1.29, 1.82) is 0 Å². The van der Waals surface area contributed by atoms with E-state index in [0.717, 1.165) is 48.7 Å². The lowest BCUT2D eigenvalue weighted by atomic mass is 10.1. The molecule has 0 unspecified atom stereocenters. The third kappa shape index (κ3) is 3.69. The maximum absolute atomic E-state index is 13.1. The first-order valence-corrected chi connectivity index (χ1v) is 9.19. The molecule has 1 aliphatic heterocycles. The van der Waals surface area contributed by atoms with Gasteiger partial charge in [-0.1, -0.05) is 12.1 Å². The van der Waals surface area contributed by atoms with E-state index >= 15 is 0 Å². The van der Waals surface area contributed by atoms with Crippen molar-refractivity contribution in [2.75, 3.05) is 16.8 Å². The Morgan fingerprint density at radius 2 is 2.00 bits per heavy atom. The van der Waals surface area contributed by atoms with Gasteiger partial charge in [0.05, 0.1) is 12.4 Å². The highest BCUT2D eigenvalue weighted by Crippen LogP contribution is 2.27. The van der Waals surface area contributed by atoms with Gasteiger partial charge in [0.15, 0.2) is 11.6 Å². The molecule has 2 aromatic heterocycles. The van der Waals surface area contributed by atoms with Crippen LogP contribution in [0, 0.1) is 12.7 Å². The van der Waals surface area contributed by atoms with Crippen molar-refractivity contribution in [3.05, 3.63) is 66.4 Å². The summed E-state index contributed by atoms with van der Waals surface area (Å²) in [6, 6.07) is 11.0. The van der Waals surface area contributed by atoms with E-state index in [1.54, 1.807) is 6.20 Å². The van der Waals surface area contributed by atoms with Gasteiger partial charge < -0.3 is 10.2 Å². The third-order valence-electron chi connectivity index (χ3n) is 4.87. The number of hydrogen-bond donors (Lipinski definition) is 1. The Bertz CT molecular complexity index is 978. The molecule has 3 heterocycles. The van der Waals surface area contributed by atoms with Gasteiger partial charge in [0.25, 0.3) is 0 Å². The van der Waals surface area contributed by atoms with Crippen molar-refractivity contribution in [2.24, 2.45) is 0 Å². The first-order chi connectivity index (χ1) is 13.6. The number of pyridine rings is 1. The molecule has 1 saturated heterocycles. The fraction of sp³-hybridized carbons (Fsp3) is 0.238. The predicted molar refractivity (Wildman–Crippen MR) is 105 cm³/mol. The van der Waals surface area contributed by atoms with Crippen LogP contribution in [0.1, 0.15) is 18.4 Å². The topological polar surface area (TPSA) is 71.0 Å². The van der Waals surface area contributed by atoms with E-state index < -0.39 is 5.82 Å². The van der Waals surface area contributed by atoms with Crippen LogP contribution in [0.2, 0.25) is 0 Å². The lowest BCUT2D eigenvalue weighted by molar-refractivity contribution is -0.117. The molecule has 1 fully saturated rings. The van der Waals surface area contributed by atoms with Gasteiger partial charge in [0.1, 0.15) is 11.9 Å². The van der Waals surface area contributed by atoms with Crippen molar-refractivity contribution >= 4 is 17.4 Å². The molecule has 0 spiro atoms. The minimum atomic E-state index is -0.485. The Morgan fingerprint density at radius 1 is 1.18 bits per heavy atom. The Morgan fingerprint density at radius 3 is 2.75 bits per heavy atom. The largest absolute Gasteiger partial charge is 0.345 e. The smallest absolute Gasteiger partial charge is 0.247 e. The molecule has 0 radical (unpaired) electrons. The molecule has 1 aromatic carbocycles. The first-order valence-electron chi connectivity index (χ1n) is 9.19. The number of anilines is 2. The zero-order chi connectivity index (χ0) is 19.5. The lowest BCUT2D eigenvalue weighted by Crippen LogP contribution is -2.40. The molecule has 0 saturated carbocycles. The molecule has 0 bridgehead atoms. The molecule has 1 amide bonds. The zero-order valence-corrected chi connectivity index (χ0v) is 15.5. The fourth-order valence-corrected chi connectivity index (χ4v) is 3.45. The van der Waals surface area contributed by atoms with E-state index in [1.165, 1.54) is 0 Å². The van der Waals surface area contributed by atoms with Crippen molar-refractivity contribution in [3.8, 4) is 11.4 Å². The van der Waals surface area contributed by atoms with Crippen LogP contribution >= 0.6 is 0 Å². The molecule has 142 valence electrons. The van der Waals surface area contributed by atoms with Crippen molar-refractivity contribution in [3.63, 3.8) is 0 Å². The summed E-state index contributed by atoms with van der Waals surface area (Å²) in [6.45, 7) is 2.73. The van der Waals surface area contributed by atoms with Gasteiger partial charge in [-0.15, -0.1) is 0 Å². The SMILES string of the molecule is Cc1ccc(NC(=O)[C@H]2CCCN2c2ccccn2)cc1-c1ncc(F)cn1. The minimum absolute atomic E-state index is 0.0713. The Kier molecular flexibility index (Phi) is 4.97. The minimum Gasteiger partial charge on any atom is -0.345 e. The second-order valence-corrected chi connectivity index (χ2v) is 6.78. The molecule has 7 heteroatoms. The molecule has 0 aliphatic carbocycles. The second-order valence-electron chi connectivity index (χ2n) is 6.78. The number of halogens is 1. The summed E-state index contributed by atoms with van der Waals surface area (Å²) < 4.78 is 13.1. The maximum Gasteiger partial charge on any atom is 0.247 e. The number of nitrogens with zero attached hydrogens (tertiary/aromatic N) is 4. The number of amides is 1. The van der Waals surface area contributed by atoms with Gasteiger partial charge in [-0.05, 0) is 49.6 Å². The van der Waals surface area contributed by atoms with Crippen LogP contribution < -0.4 is 10.2 Å². The highest BCUT2D eigenvalue weighted by atomic mass is 19.1. The molecule has 1 atom stereocenters. The van der Waals surface area contributed by atoms with Gasteiger partial charge in [-0.2, -0.15) is 0 Å². The van der Waals surface area contributed by atoms with Crippen molar-refractivity contribution < 1.29 is 9.18 Å². The van der Waals surface area contributed by atoms with Gasteiger partial charge in [-0.3, -0.25) is 4.79 Å². The number of aromatic nitrogens is 3. The summed E-state index contributed by atoms with van der Waals surface area (Å²) in [5.41, 5.74) is 2.36. The third-order valence-corrected chi connectivity index (χ3v) is 4.87. The average molecular weight is 377 g/mol. The molecular weight excluding hydrogens is 357 g/mol. The quantitative estimate of drug-likeness (QED) is 0.752. The zero-order valence-electron chi connectivity index (χ0n) is 15.5. The molecule has 3 aromatic rings. The number of hydrogen-bond acceptors (Lipinski definition) is 5. The van der Waals surface area contributed by atoms with Gasteiger partial charge in [0.2, 0.25) is 5.91 Å². The Balaban J connectivity index is 1.55. The number of benzene rings is 1. The molecular formula is C21H20FN5O. The van der Waals surface area contributed by atoms with E-state index in [0.29, 0.717) is 11.5 Å². The number of carbonyl (C=O) groups excluding carboxylic acids is 1. The van der Waals surface area contributed by atoms with Crippen LogP contribution in [-0.4, -0.2) is 33.4 Å². The number of carbonyl (C=O) groups is 1. The predicted octanol–water partition coefficient (Wildman–Crippen LogP) is 3.59. The van der Waals surface area contributed by atoms with E-state index in [1.807, 2.05) is 48.2 Å². The molecule has 6 nitrogen and oxygen atoms in total. The lowest BCUT2D eigenvalue weighted by Gasteiger charge is -2.25. The van der Waals surface area contributed by atoms with Crippen LogP contribution in [0.25, 0.3) is 11.4 Å². The Hall–Kier alpha value is -3.35. The monoisotopic (exact) mass is 377 g/mol. The van der Waals surface area contributed by atoms with Gasteiger partial charge in [-0.25, -0.2) is 19.3 Å². The molecule has 1 N–H and O–H groups in total. The number of aryl methyl sites for hydroxylation is 1. The van der Waals surface area contributed by atoms with E-state index in [4.69, 9.17) is 0 Å². The molecule has 4 rings (SSSR count). The highest BCUT2D eigenvalue weighted by molar-refractivity contribution is 5.97. The standard InChI is InChI=1S/C21H20FN5O/c1-14-7-8-16(11-17(14)20-24-12-15(22)13-25-20)26-21(28)18-5-4-10-27(18)19-6-2-3-9-23-19/h2-3,6-9,11-13,18H,4-5,10H2,1H3,(H,26,28)/t18-/m1/s1. The Labute approximate surface area is 162 Å². The van der Waals surface area contributed by atoms with Gasteiger partial charge in [0, 0.05) is 24.0 Å². The van der Waals surface area contributed by atoms with Crippen molar-refractivity contribution in [2.45, 2.75) is 25.8 Å². The summed E-state index contributed by atoms with van der Waals surface area (Å²) in [6.07, 6.45) is 5.73. The van der Waals surface area contributed by atoms with Gasteiger partial charge >= 0.3 is 0 Å². The molecule has 28 heavy (non-hydrogen) atoms. The second kappa shape index (κ2) is 7.72. The molecule has 1 aliphatic rings. The van der Waals surface area contributed by atoms with E-state index in [9.17, 15) is 9.18 Å². The summed E-state index contributed by atoms with van der Waals surface area (Å²) in [4.78, 5) is 27.4. The first kappa shape index (κ1) is 18.0. The van der Waals surface area contributed by atoms with Crippen LogP contribution in [0.4, 0.5) is 15.9 Å². The summed E-state index contributed by atoms with van der Waals surface area (Å²) >= 11 is 0. The summed E-state index contributed by atoms with van der Waals surface area (Å²) in [5.74, 6) is 0.676.